The van der Waals surface area contributed by atoms with Crippen molar-refractivity contribution in [3.8, 4) is 5.75 Å². The lowest BCUT2D eigenvalue weighted by atomic mass is 9.97. The molecule has 2 aromatic rings. The number of amides is 2. The molecule has 0 radical (unpaired) electrons. The molecule has 0 aliphatic carbocycles. The summed E-state index contributed by atoms with van der Waals surface area (Å²) in [5.74, 6) is 0.789. The van der Waals surface area contributed by atoms with Gasteiger partial charge in [0.05, 0.1) is 5.92 Å². The number of rotatable bonds is 6. The fourth-order valence-electron chi connectivity index (χ4n) is 3.66. The summed E-state index contributed by atoms with van der Waals surface area (Å²) in [6, 6.07) is 15.5. The molecule has 2 aromatic carbocycles. The van der Waals surface area contributed by atoms with Gasteiger partial charge in [-0.25, -0.2) is 0 Å². The predicted octanol–water partition coefficient (Wildman–Crippen LogP) is 4.37. The summed E-state index contributed by atoms with van der Waals surface area (Å²) in [4.78, 5) is 27.1. The first-order valence-corrected chi connectivity index (χ1v) is 10.3. The molecule has 1 aliphatic heterocycles. The number of nitrogens with zero attached hydrogens (tertiary/aromatic N) is 1. The van der Waals surface area contributed by atoms with Gasteiger partial charge in [0.25, 0.3) is 5.91 Å². The number of aryl methyl sites for hydroxylation is 1. The van der Waals surface area contributed by atoms with Gasteiger partial charge in [0.15, 0.2) is 6.61 Å². The van der Waals surface area contributed by atoms with E-state index in [1.807, 2.05) is 43.3 Å². The molecule has 0 aromatic heterocycles. The molecule has 1 fully saturated rings. The Hall–Kier alpha value is -2.82. The van der Waals surface area contributed by atoms with Crippen LogP contribution in [0.4, 0.5) is 5.69 Å². The van der Waals surface area contributed by atoms with Crippen molar-refractivity contribution < 1.29 is 14.3 Å². The molecule has 1 heterocycles. The van der Waals surface area contributed by atoms with E-state index in [-0.39, 0.29) is 24.3 Å². The van der Waals surface area contributed by atoms with Crippen molar-refractivity contribution in [2.24, 2.45) is 5.92 Å². The molecule has 5 nitrogen and oxygen atoms in total. The number of benzene rings is 2. The highest BCUT2D eigenvalue weighted by Crippen LogP contribution is 2.27. The fourth-order valence-corrected chi connectivity index (χ4v) is 3.66. The van der Waals surface area contributed by atoms with Crippen LogP contribution in [-0.4, -0.2) is 36.4 Å². The van der Waals surface area contributed by atoms with Gasteiger partial charge < -0.3 is 15.0 Å². The number of nitrogens with one attached hydrogen (secondary N) is 1. The minimum Gasteiger partial charge on any atom is -0.483 e. The number of anilines is 1. The van der Waals surface area contributed by atoms with Crippen molar-refractivity contribution in [1.82, 2.24) is 4.90 Å². The molecular weight excluding hydrogens is 364 g/mol. The van der Waals surface area contributed by atoms with E-state index in [1.54, 1.807) is 4.90 Å². The van der Waals surface area contributed by atoms with Crippen molar-refractivity contribution in [2.75, 3.05) is 25.0 Å². The van der Waals surface area contributed by atoms with Crippen LogP contribution in [0, 0.1) is 12.8 Å². The number of para-hydroxylation sites is 1. The number of hydrogen-bond acceptors (Lipinski definition) is 3. The molecule has 0 bridgehead atoms. The third-order valence-corrected chi connectivity index (χ3v) is 5.33. The van der Waals surface area contributed by atoms with Gasteiger partial charge in [0, 0.05) is 18.8 Å². The number of carbonyl (C=O) groups is 2. The highest BCUT2D eigenvalue weighted by atomic mass is 16.5. The van der Waals surface area contributed by atoms with Crippen LogP contribution >= 0.6 is 0 Å². The fraction of sp³-hybridized carbons (Fsp3) is 0.417. The Bertz CT molecular complexity index is 848. The second-order valence-corrected chi connectivity index (χ2v) is 8.02. The first-order chi connectivity index (χ1) is 13.9. The molecule has 1 saturated heterocycles. The van der Waals surface area contributed by atoms with E-state index in [9.17, 15) is 9.59 Å². The summed E-state index contributed by atoms with van der Waals surface area (Å²) in [5.41, 5.74) is 2.99. The third-order valence-electron chi connectivity index (χ3n) is 5.33. The van der Waals surface area contributed by atoms with E-state index < -0.39 is 0 Å². The van der Waals surface area contributed by atoms with Crippen molar-refractivity contribution in [1.29, 1.82) is 0 Å². The normalized spacial score (nSPS) is 16.6. The molecular formula is C24H30N2O3. The Balaban J connectivity index is 1.57. The summed E-state index contributed by atoms with van der Waals surface area (Å²) in [7, 11) is 0. The molecule has 3 rings (SSSR count). The maximum atomic E-state index is 12.7. The Morgan fingerprint density at radius 2 is 1.93 bits per heavy atom. The summed E-state index contributed by atoms with van der Waals surface area (Å²) in [6.45, 7) is 7.34. The molecule has 0 saturated carbocycles. The van der Waals surface area contributed by atoms with Crippen molar-refractivity contribution >= 4 is 17.5 Å². The Kier molecular flexibility index (Phi) is 6.91. The number of likely N-dealkylation sites (tertiary alicyclic amines) is 1. The van der Waals surface area contributed by atoms with Gasteiger partial charge in [0.1, 0.15) is 5.75 Å². The van der Waals surface area contributed by atoms with Crippen LogP contribution < -0.4 is 10.1 Å². The van der Waals surface area contributed by atoms with Crippen LogP contribution in [-0.2, 0) is 9.59 Å². The zero-order chi connectivity index (χ0) is 20.8. The maximum absolute atomic E-state index is 12.7. The molecule has 1 unspecified atom stereocenters. The second-order valence-electron chi connectivity index (χ2n) is 8.02. The zero-order valence-corrected chi connectivity index (χ0v) is 17.5. The predicted molar refractivity (Wildman–Crippen MR) is 115 cm³/mol. The van der Waals surface area contributed by atoms with Gasteiger partial charge in [0.2, 0.25) is 5.91 Å². The van der Waals surface area contributed by atoms with Crippen molar-refractivity contribution in [3.63, 3.8) is 0 Å². The van der Waals surface area contributed by atoms with E-state index in [2.05, 4.69) is 31.3 Å². The topological polar surface area (TPSA) is 58.6 Å². The third kappa shape index (κ3) is 5.59. The van der Waals surface area contributed by atoms with Crippen LogP contribution in [0.3, 0.4) is 0 Å². The van der Waals surface area contributed by atoms with Gasteiger partial charge >= 0.3 is 0 Å². The molecule has 5 heteroatoms. The molecule has 1 atom stereocenters. The molecule has 1 aliphatic rings. The first kappa shape index (κ1) is 20.9. The quantitative estimate of drug-likeness (QED) is 0.791. The average molecular weight is 395 g/mol. The van der Waals surface area contributed by atoms with Crippen LogP contribution in [0.2, 0.25) is 0 Å². The lowest BCUT2D eigenvalue weighted by molar-refractivity contribution is -0.136. The first-order valence-electron chi connectivity index (χ1n) is 10.3. The van der Waals surface area contributed by atoms with E-state index in [0.717, 1.165) is 35.4 Å². The minimum absolute atomic E-state index is 0.00377. The summed E-state index contributed by atoms with van der Waals surface area (Å²) in [6.07, 6.45) is 1.61. The number of hydrogen-bond donors (Lipinski definition) is 1. The van der Waals surface area contributed by atoms with Gasteiger partial charge in [-0.3, -0.25) is 9.59 Å². The Morgan fingerprint density at radius 3 is 2.66 bits per heavy atom. The van der Waals surface area contributed by atoms with E-state index >= 15 is 0 Å². The summed E-state index contributed by atoms with van der Waals surface area (Å²) < 4.78 is 5.89. The largest absolute Gasteiger partial charge is 0.483 e. The van der Waals surface area contributed by atoms with Crippen LogP contribution in [0.1, 0.15) is 43.7 Å². The highest BCUT2D eigenvalue weighted by molar-refractivity contribution is 5.93. The van der Waals surface area contributed by atoms with E-state index in [1.165, 1.54) is 0 Å². The molecule has 29 heavy (non-hydrogen) atoms. The van der Waals surface area contributed by atoms with E-state index in [0.29, 0.717) is 19.0 Å². The van der Waals surface area contributed by atoms with Crippen LogP contribution in [0.5, 0.6) is 5.75 Å². The van der Waals surface area contributed by atoms with Gasteiger partial charge in [-0.2, -0.15) is 0 Å². The molecule has 0 spiro atoms. The van der Waals surface area contributed by atoms with Crippen molar-refractivity contribution in [2.45, 2.75) is 39.5 Å². The highest BCUT2D eigenvalue weighted by Gasteiger charge is 2.28. The Morgan fingerprint density at radius 1 is 1.17 bits per heavy atom. The minimum atomic E-state index is -0.196. The maximum Gasteiger partial charge on any atom is 0.260 e. The lowest BCUT2D eigenvalue weighted by Gasteiger charge is -2.32. The van der Waals surface area contributed by atoms with Gasteiger partial charge in [-0.1, -0.05) is 44.2 Å². The number of ether oxygens (including phenoxy) is 1. The van der Waals surface area contributed by atoms with Crippen LogP contribution in [0.15, 0.2) is 48.5 Å². The summed E-state index contributed by atoms with van der Waals surface area (Å²) in [5, 5.41) is 2.95. The SMILES string of the molecule is Cc1ccc(C(C)C)c(OCC(=O)N2CCCC(C(=O)Nc3ccccc3)C2)c1. The Labute approximate surface area is 173 Å². The standard InChI is InChI=1S/C24H30N2O3/c1-17(2)21-12-11-18(3)14-22(21)29-16-23(27)26-13-7-8-19(15-26)24(28)25-20-9-5-4-6-10-20/h4-6,9-12,14,17,19H,7-8,13,15-16H2,1-3H3,(H,25,28). The van der Waals surface area contributed by atoms with Gasteiger partial charge in [-0.05, 0) is 55.0 Å². The molecule has 154 valence electrons. The van der Waals surface area contributed by atoms with Gasteiger partial charge in [-0.15, -0.1) is 0 Å². The lowest BCUT2D eigenvalue weighted by Crippen LogP contribution is -2.45. The zero-order valence-electron chi connectivity index (χ0n) is 17.5. The van der Waals surface area contributed by atoms with E-state index in [4.69, 9.17) is 4.74 Å². The number of piperidine rings is 1. The molecule has 1 N–H and O–H groups in total. The average Bonchev–Trinajstić information content (AvgIpc) is 2.72. The number of carbonyl (C=O) groups excluding carboxylic acids is 2. The van der Waals surface area contributed by atoms with Crippen LogP contribution in [0.25, 0.3) is 0 Å². The summed E-state index contributed by atoms with van der Waals surface area (Å²) >= 11 is 0. The molecule has 2 amide bonds. The second kappa shape index (κ2) is 9.59. The van der Waals surface area contributed by atoms with Crippen molar-refractivity contribution in [3.05, 3.63) is 59.7 Å². The monoisotopic (exact) mass is 394 g/mol. The smallest absolute Gasteiger partial charge is 0.260 e.